The molecule has 0 aromatic carbocycles. The van der Waals surface area contributed by atoms with E-state index in [9.17, 15) is 19.2 Å². The van der Waals surface area contributed by atoms with Crippen molar-refractivity contribution in [2.75, 3.05) is 6.54 Å². The molecule has 0 bridgehead atoms. The molecule has 1 aliphatic heterocycles. The van der Waals surface area contributed by atoms with Gasteiger partial charge in [0.05, 0.1) is 0 Å². The number of nitrogens with one attached hydrogen (secondary N) is 1. The van der Waals surface area contributed by atoms with Gasteiger partial charge in [-0.3, -0.25) is 19.2 Å². The molecule has 23 heavy (non-hydrogen) atoms. The fraction of sp³-hybridized carbons (Fsp3) is 0.750. The molecule has 0 aromatic heterocycles. The van der Waals surface area contributed by atoms with Gasteiger partial charge < -0.3 is 16.0 Å². The first-order chi connectivity index (χ1) is 10.9. The first-order valence-corrected chi connectivity index (χ1v) is 8.36. The van der Waals surface area contributed by atoms with Crippen LogP contribution >= 0.6 is 0 Å². The normalized spacial score (nSPS) is 25.4. The molecule has 0 aromatic rings. The smallest absolute Gasteiger partial charge is 0.245 e. The number of primary amides is 1. The number of hydrogen-bond donors (Lipinski definition) is 2. The molecule has 3 atom stereocenters. The number of amides is 3. The molecule has 1 saturated carbocycles. The summed E-state index contributed by atoms with van der Waals surface area (Å²) in [7, 11) is 0. The lowest BCUT2D eigenvalue weighted by atomic mass is 10.0. The van der Waals surface area contributed by atoms with Gasteiger partial charge in [0.2, 0.25) is 17.7 Å². The van der Waals surface area contributed by atoms with Crippen molar-refractivity contribution in [2.45, 2.75) is 64.0 Å². The third kappa shape index (κ3) is 4.09. The molecule has 7 nitrogen and oxygen atoms in total. The Morgan fingerprint density at radius 1 is 1.35 bits per heavy atom. The molecule has 0 unspecified atom stereocenters. The lowest BCUT2D eigenvalue weighted by Crippen LogP contribution is -2.53. The quantitative estimate of drug-likeness (QED) is 0.723. The highest BCUT2D eigenvalue weighted by molar-refractivity contribution is 5.94. The summed E-state index contributed by atoms with van der Waals surface area (Å²) < 4.78 is 0. The first-order valence-electron chi connectivity index (χ1n) is 8.36. The Hall–Kier alpha value is -1.92. The molecule has 2 rings (SSSR count). The fourth-order valence-electron chi connectivity index (χ4n) is 3.40. The van der Waals surface area contributed by atoms with Crippen LogP contribution in [-0.4, -0.2) is 47.0 Å². The first kappa shape index (κ1) is 17.4. The molecule has 7 heteroatoms. The summed E-state index contributed by atoms with van der Waals surface area (Å²) >= 11 is 0. The average molecular weight is 323 g/mol. The van der Waals surface area contributed by atoms with Crippen molar-refractivity contribution < 1.29 is 19.2 Å². The van der Waals surface area contributed by atoms with Crippen LogP contribution in [0.2, 0.25) is 0 Å². The highest BCUT2D eigenvalue weighted by atomic mass is 16.2. The third-order valence-electron chi connectivity index (χ3n) is 4.67. The van der Waals surface area contributed by atoms with E-state index >= 15 is 0 Å². The zero-order valence-corrected chi connectivity index (χ0v) is 13.5. The van der Waals surface area contributed by atoms with Crippen molar-refractivity contribution in [2.24, 2.45) is 11.7 Å². The van der Waals surface area contributed by atoms with Gasteiger partial charge in [-0.1, -0.05) is 13.3 Å². The van der Waals surface area contributed by atoms with E-state index in [1.54, 1.807) is 0 Å². The number of carbonyl (C=O) groups excluding carboxylic acids is 4. The Balaban J connectivity index is 2.02. The topological polar surface area (TPSA) is 110 Å². The summed E-state index contributed by atoms with van der Waals surface area (Å²) in [5.41, 5.74) is 5.36. The molecule has 2 aliphatic rings. The van der Waals surface area contributed by atoms with Crippen molar-refractivity contribution in [3.05, 3.63) is 0 Å². The lowest BCUT2D eigenvalue weighted by molar-refractivity contribution is -0.141. The fourth-order valence-corrected chi connectivity index (χ4v) is 3.40. The Labute approximate surface area is 135 Å². The van der Waals surface area contributed by atoms with Crippen molar-refractivity contribution in [3.63, 3.8) is 0 Å². The largest absolute Gasteiger partial charge is 0.368 e. The summed E-state index contributed by atoms with van der Waals surface area (Å²) in [6.07, 6.45) is 3.79. The number of carbonyl (C=O) groups is 4. The molecule has 3 N–H and O–H groups in total. The average Bonchev–Trinajstić information content (AvgIpc) is 3.14. The molecule has 1 aliphatic carbocycles. The molecular weight excluding hydrogens is 298 g/mol. The molecule has 0 radical (unpaired) electrons. The molecule has 3 amide bonds. The Kier molecular flexibility index (Phi) is 5.74. The zero-order valence-electron chi connectivity index (χ0n) is 13.5. The van der Waals surface area contributed by atoms with E-state index in [1.165, 1.54) is 4.90 Å². The van der Waals surface area contributed by atoms with Crippen LogP contribution < -0.4 is 11.1 Å². The van der Waals surface area contributed by atoms with E-state index in [4.69, 9.17) is 5.73 Å². The van der Waals surface area contributed by atoms with E-state index in [0.717, 1.165) is 12.8 Å². The van der Waals surface area contributed by atoms with Crippen LogP contribution in [0.4, 0.5) is 0 Å². The minimum atomic E-state index is -0.650. The van der Waals surface area contributed by atoms with Crippen molar-refractivity contribution in [1.29, 1.82) is 0 Å². The van der Waals surface area contributed by atoms with E-state index in [0.29, 0.717) is 32.2 Å². The van der Waals surface area contributed by atoms with Crippen LogP contribution in [-0.2, 0) is 19.2 Å². The Morgan fingerprint density at radius 2 is 2.09 bits per heavy atom. The SMILES string of the molecule is CCC[C@H](NC(=O)[C@@H]1CCC(=O)C1)C(=O)N1CCC[C@H]1C(N)=O. The van der Waals surface area contributed by atoms with Crippen molar-refractivity contribution in [1.82, 2.24) is 10.2 Å². The minimum Gasteiger partial charge on any atom is -0.368 e. The van der Waals surface area contributed by atoms with Crippen LogP contribution in [0, 0.1) is 5.92 Å². The molecule has 2 fully saturated rings. The van der Waals surface area contributed by atoms with Crippen LogP contribution in [0.1, 0.15) is 51.9 Å². The summed E-state index contributed by atoms with van der Waals surface area (Å²) in [4.78, 5) is 49.3. The third-order valence-corrected chi connectivity index (χ3v) is 4.67. The van der Waals surface area contributed by atoms with Gasteiger partial charge in [0, 0.05) is 25.3 Å². The van der Waals surface area contributed by atoms with Crippen LogP contribution in [0.5, 0.6) is 0 Å². The number of nitrogens with zero attached hydrogens (tertiary/aromatic N) is 1. The lowest BCUT2D eigenvalue weighted by Gasteiger charge is -2.28. The highest BCUT2D eigenvalue weighted by Crippen LogP contribution is 2.23. The monoisotopic (exact) mass is 323 g/mol. The molecular formula is C16H25N3O4. The summed E-state index contributed by atoms with van der Waals surface area (Å²) in [5.74, 6) is -1.22. The second-order valence-corrected chi connectivity index (χ2v) is 6.42. The van der Waals surface area contributed by atoms with E-state index in [-0.39, 0.29) is 29.9 Å². The molecule has 0 spiro atoms. The zero-order chi connectivity index (χ0) is 17.0. The van der Waals surface area contributed by atoms with Gasteiger partial charge in [-0.2, -0.15) is 0 Å². The van der Waals surface area contributed by atoms with Gasteiger partial charge in [0.25, 0.3) is 0 Å². The number of likely N-dealkylation sites (tertiary alicyclic amines) is 1. The van der Waals surface area contributed by atoms with Crippen LogP contribution in [0.3, 0.4) is 0 Å². The molecule has 1 saturated heterocycles. The number of ketones is 1. The van der Waals surface area contributed by atoms with Crippen molar-refractivity contribution >= 4 is 23.5 Å². The van der Waals surface area contributed by atoms with Gasteiger partial charge >= 0.3 is 0 Å². The Bertz CT molecular complexity index is 506. The number of rotatable bonds is 6. The second-order valence-electron chi connectivity index (χ2n) is 6.42. The number of nitrogens with two attached hydrogens (primary N) is 1. The van der Waals surface area contributed by atoms with E-state index < -0.39 is 18.0 Å². The van der Waals surface area contributed by atoms with Crippen LogP contribution in [0.15, 0.2) is 0 Å². The molecule has 1 heterocycles. The maximum Gasteiger partial charge on any atom is 0.245 e. The second kappa shape index (κ2) is 7.57. The molecule has 128 valence electrons. The highest BCUT2D eigenvalue weighted by Gasteiger charge is 2.37. The number of hydrogen-bond acceptors (Lipinski definition) is 4. The predicted molar refractivity (Wildman–Crippen MR) is 83.1 cm³/mol. The van der Waals surface area contributed by atoms with Gasteiger partial charge in [-0.05, 0) is 25.7 Å². The van der Waals surface area contributed by atoms with Gasteiger partial charge in [0.15, 0.2) is 0 Å². The van der Waals surface area contributed by atoms with E-state index in [2.05, 4.69) is 5.32 Å². The Morgan fingerprint density at radius 3 is 2.65 bits per heavy atom. The maximum absolute atomic E-state index is 12.7. The summed E-state index contributed by atoms with van der Waals surface area (Å²) in [6, 6.07) is -1.23. The van der Waals surface area contributed by atoms with Gasteiger partial charge in [-0.15, -0.1) is 0 Å². The minimum absolute atomic E-state index is 0.0943. The maximum atomic E-state index is 12.7. The predicted octanol–water partition coefficient (Wildman–Crippen LogP) is 0.117. The van der Waals surface area contributed by atoms with Crippen molar-refractivity contribution in [3.8, 4) is 0 Å². The van der Waals surface area contributed by atoms with Crippen LogP contribution in [0.25, 0.3) is 0 Å². The van der Waals surface area contributed by atoms with E-state index in [1.807, 2.05) is 6.92 Å². The summed E-state index contributed by atoms with van der Waals surface area (Å²) in [5, 5.41) is 2.78. The van der Waals surface area contributed by atoms with Gasteiger partial charge in [0.1, 0.15) is 17.9 Å². The van der Waals surface area contributed by atoms with Gasteiger partial charge in [-0.25, -0.2) is 0 Å². The summed E-state index contributed by atoms with van der Waals surface area (Å²) in [6.45, 7) is 2.42. The standard InChI is InChI=1S/C16H25N3O4/c1-2-4-12(18-15(22)10-6-7-11(20)9-10)16(23)19-8-3-5-13(19)14(17)21/h10,12-13H,2-9H2,1H3,(H2,17,21)(H,18,22)/t10-,12+,13+/m1/s1. The number of Topliss-reactive ketones (excluding diaryl/α,β-unsaturated/α-hetero) is 1.